The summed E-state index contributed by atoms with van der Waals surface area (Å²) in [6.07, 6.45) is 7.92. The molecule has 0 unspecified atom stereocenters. The van der Waals surface area contributed by atoms with Crippen LogP contribution < -0.4 is 31.7 Å². The van der Waals surface area contributed by atoms with Crippen LogP contribution in [0, 0.1) is 18.7 Å². The molecule has 0 spiro atoms. The Kier molecular flexibility index (Phi) is 12.8. The van der Waals surface area contributed by atoms with Crippen molar-refractivity contribution in [1.82, 2.24) is 29.4 Å². The molecule has 12 nitrogen and oxygen atoms in total. The van der Waals surface area contributed by atoms with Gasteiger partial charge in [-0.15, -0.1) is 4.80 Å². The van der Waals surface area contributed by atoms with Crippen LogP contribution >= 0.6 is 11.3 Å². The first kappa shape index (κ1) is 43.4. The van der Waals surface area contributed by atoms with E-state index in [0.717, 1.165) is 47.0 Å². The van der Waals surface area contributed by atoms with E-state index in [9.17, 15) is 19.2 Å². The number of nitrogens with zero attached hydrogens (tertiary/aromatic N) is 5. The number of nitrogens with one attached hydrogen (secondary N) is 1. The Labute approximate surface area is 365 Å². The molecule has 3 aromatic heterocycles. The first-order valence-electron chi connectivity index (χ1n) is 21.7. The summed E-state index contributed by atoms with van der Waals surface area (Å²) in [5.74, 6) is -0.0818. The number of amides is 1. The molecule has 62 heavy (non-hydrogen) atoms. The molecule has 3 aromatic carbocycles. The van der Waals surface area contributed by atoms with Crippen LogP contribution in [0.25, 0.3) is 15.2 Å². The van der Waals surface area contributed by atoms with E-state index in [2.05, 4.69) is 60.6 Å². The molecule has 1 aliphatic heterocycles. The van der Waals surface area contributed by atoms with Gasteiger partial charge in [-0.25, -0.2) is 13.8 Å². The van der Waals surface area contributed by atoms with E-state index in [1.807, 2.05) is 36.4 Å². The largest absolute Gasteiger partial charge is 0.493 e. The summed E-state index contributed by atoms with van der Waals surface area (Å²) >= 11 is 1.21. The highest BCUT2D eigenvalue weighted by molar-refractivity contribution is 7.21. The fourth-order valence-electron chi connectivity index (χ4n) is 9.62. The molecule has 2 N–H and O–H groups in total. The SMILES string of the molecule is CCCCOc1ccc(F)cc1[C@H](Cn1c(=O)n([C@H]2CCNC2=O)c(=O)c2c(C)c(-n3nccn3)sc21)O[C@H]1CC[C@@H](CC(C)(C)[Si](O)(c2ccccc2)c2ccccc2)CC1. The van der Waals surface area contributed by atoms with Gasteiger partial charge in [0.05, 0.1) is 37.0 Å². The third-order valence-electron chi connectivity index (χ3n) is 12.9. The van der Waals surface area contributed by atoms with E-state index >= 15 is 4.39 Å². The number of thiophene rings is 1. The van der Waals surface area contributed by atoms with Gasteiger partial charge < -0.3 is 19.6 Å². The third-order valence-corrected chi connectivity index (χ3v) is 18.7. The van der Waals surface area contributed by atoms with Crippen molar-refractivity contribution in [3.63, 3.8) is 0 Å². The van der Waals surface area contributed by atoms with Crippen LogP contribution in [0.3, 0.4) is 0 Å². The number of hydrogen-bond acceptors (Lipinski definition) is 9. The van der Waals surface area contributed by atoms with Crippen LogP contribution in [0.1, 0.15) is 95.4 Å². The summed E-state index contributed by atoms with van der Waals surface area (Å²) in [4.78, 5) is 56.8. The molecule has 326 valence electrons. The maximum atomic E-state index is 15.4. The summed E-state index contributed by atoms with van der Waals surface area (Å²) in [5.41, 5.74) is -0.166. The van der Waals surface area contributed by atoms with Crippen molar-refractivity contribution >= 4 is 46.2 Å². The number of halogens is 1. The Balaban J connectivity index is 1.14. The van der Waals surface area contributed by atoms with E-state index in [-0.39, 0.29) is 24.5 Å². The Hall–Kier alpha value is -5.22. The Morgan fingerprint density at radius 1 is 0.952 bits per heavy atom. The van der Waals surface area contributed by atoms with E-state index in [1.165, 1.54) is 45.2 Å². The number of carbonyl (C=O) groups excluding carboxylic acids is 1. The zero-order valence-corrected chi connectivity index (χ0v) is 37.6. The van der Waals surface area contributed by atoms with E-state index in [1.54, 1.807) is 13.0 Å². The Morgan fingerprint density at radius 2 is 1.61 bits per heavy atom. The minimum atomic E-state index is -3.21. The predicted molar refractivity (Wildman–Crippen MR) is 242 cm³/mol. The van der Waals surface area contributed by atoms with E-state index in [0.29, 0.717) is 58.6 Å². The molecule has 2 atom stereocenters. The van der Waals surface area contributed by atoms with Crippen molar-refractivity contribution in [2.24, 2.45) is 5.92 Å². The minimum absolute atomic E-state index is 0.0801. The molecule has 0 radical (unpaired) electrons. The number of ether oxygens (including phenoxy) is 2. The lowest BCUT2D eigenvalue weighted by Gasteiger charge is -2.44. The van der Waals surface area contributed by atoms with Gasteiger partial charge in [0, 0.05) is 17.7 Å². The topological polar surface area (TPSA) is 142 Å². The van der Waals surface area contributed by atoms with Crippen LogP contribution in [0.2, 0.25) is 5.04 Å². The highest BCUT2D eigenvalue weighted by Crippen LogP contribution is 2.46. The second-order valence-corrected chi connectivity index (χ2v) is 22.3. The van der Waals surface area contributed by atoms with Gasteiger partial charge in [-0.05, 0) is 91.4 Å². The van der Waals surface area contributed by atoms with Gasteiger partial charge in [0.2, 0.25) is 5.91 Å². The van der Waals surface area contributed by atoms with E-state index in [4.69, 9.17) is 9.47 Å². The summed E-state index contributed by atoms with van der Waals surface area (Å²) in [6.45, 7) is 8.94. The average molecular weight is 879 g/mol. The molecule has 15 heteroatoms. The average Bonchev–Trinajstić information content (AvgIpc) is 4.04. The van der Waals surface area contributed by atoms with Crippen LogP contribution in [0.5, 0.6) is 5.75 Å². The maximum absolute atomic E-state index is 15.4. The zero-order valence-electron chi connectivity index (χ0n) is 35.8. The number of fused-ring (bicyclic) bond motifs is 1. The second-order valence-electron chi connectivity index (χ2n) is 17.4. The quantitative estimate of drug-likeness (QED) is 0.0806. The molecule has 2 aliphatic rings. The predicted octanol–water partition coefficient (Wildman–Crippen LogP) is 6.73. The van der Waals surface area contributed by atoms with Crippen LogP contribution in [-0.4, -0.2) is 62.4 Å². The summed E-state index contributed by atoms with van der Waals surface area (Å²) < 4.78 is 31.3. The van der Waals surface area contributed by atoms with Gasteiger partial charge in [0.15, 0.2) is 0 Å². The first-order valence-corrected chi connectivity index (χ1v) is 24.5. The molecule has 1 saturated carbocycles. The smallest absolute Gasteiger partial charge is 0.332 e. The molecule has 2 fully saturated rings. The van der Waals surface area contributed by atoms with Crippen molar-refractivity contribution in [3.8, 4) is 10.8 Å². The van der Waals surface area contributed by atoms with Crippen LogP contribution in [0.4, 0.5) is 4.39 Å². The van der Waals surface area contributed by atoms with Gasteiger partial charge in [-0.3, -0.25) is 14.2 Å². The molecule has 0 bridgehead atoms. The maximum Gasteiger partial charge on any atom is 0.332 e. The summed E-state index contributed by atoms with van der Waals surface area (Å²) in [5, 5.41) is 13.8. The number of hydrogen-bond donors (Lipinski definition) is 2. The lowest BCUT2D eigenvalue weighted by Crippen LogP contribution is -2.65. The molecule has 6 aromatic rings. The number of aromatic nitrogens is 5. The molecule has 1 aliphatic carbocycles. The molecule has 4 heterocycles. The standard InChI is InChI=1S/C47H55FN6O6SSi/c1-5-6-27-59-39-22-19-33(48)28-37(39)40(30-52-45-41(31(2)44(61-45)54-50-25-26-51-54)43(56)53(46(52)57)38-23-24-49-42(38)55)60-34-20-17-32(18-21-34)29-47(3,4)62(58,35-13-9-7-10-14-35)36-15-11-8-12-16-36/h7-16,19,22,25-26,28,32,34,38,40,58H,5-6,17-18,20-21,23-24,27,29-30H2,1-4H3,(H,49,55)/t32-,34+,38-,40-/m0/s1. The van der Waals surface area contributed by atoms with Gasteiger partial charge in [-0.2, -0.15) is 10.2 Å². The number of unbranched alkanes of at least 4 members (excludes halogenated alkanes) is 1. The van der Waals surface area contributed by atoms with Crippen LogP contribution in [-0.2, 0) is 16.1 Å². The lowest BCUT2D eigenvalue weighted by molar-refractivity contribution is -0.122. The van der Waals surface area contributed by atoms with Gasteiger partial charge in [0.25, 0.3) is 13.9 Å². The molecular formula is C47H55FN6O6SSi. The number of aryl methyl sites for hydroxylation is 1. The summed E-state index contributed by atoms with van der Waals surface area (Å²) in [7, 11) is -3.21. The second kappa shape index (κ2) is 18.2. The van der Waals surface area contributed by atoms with Crippen LogP contribution in [0.15, 0.2) is 101 Å². The number of rotatable bonds is 16. The van der Waals surface area contributed by atoms with Crippen molar-refractivity contribution in [2.45, 2.75) is 109 Å². The molecule has 1 amide bonds. The van der Waals surface area contributed by atoms with Crippen molar-refractivity contribution in [1.29, 1.82) is 0 Å². The van der Waals surface area contributed by atoms with Gasteiger partial charge in [-0.1, -0.05) is 99.2 Å². The van der Waals surface area contributed by atoms with Gasteiger partial charge in [0.1, 0.15) is 33.5 Å². The van der Waals surface area contributed by atoms with Crippen molar-refractivity contribution in [3.05, 3.63) is 129 Å². The number of benzene rings is 3. The number of carbonyl (C=O) groups is 1. The van der Waals surface area contributed by atoms with E-state index < -0.39 is 48.5 Å². The monoisotopic (exact) mass is 878 g/mol. The fourth-order valence-corrected chi connectivity index (χ4v) is 14.7. The Bertz CT molecular complexity index is 2590. The molecular weight excluding hydrogens is 824 g/mol. The zero-order chi connectivity index (χ0) is 43.6. The normalized spacial score (nSPS) is 18.9. The summed E-state index contributed by atoms with van der Waals surface area (Å²) in [6, 6.07) is 23.6. The highest BCUT2D eigenvalue weighted by Gasteiger charge is 2.51. The molecule has 8 rings (SSSR count). The Morgan fingerprint density at radius 3 is 2.23 bits per heavy atom. The highest BCUT2D eigenvalue weighted by atomic mass is 32.1. The molecule has 1 saturated heterocycles. The fraction of sp³-hybridized carbons (Fsp3) is 0.426. The lowest BCUT2D eigenvalue weighted by atomic mass is 9.82. The third kappa shape index (κ3) is 8.35. The van der Waals surface area contributed by atoms with Crippen molar-refractivity contribution < 1.29 is 23.5 Å². The first-order chi connectivity index (χ1) is 29.9. The van der Waals surface area contributed by atoms with Crippen molar-refractivity contribution in [2.75, 3.05) is 13.2 Å². The van der Waals surface area contributed by atoms with Gasteiger partial charge >= 0.3 is 5.69 Å². The minimum Gasteiger partial charge on any atom is -0.493 e.